The summed E-state index contributed by atoms with van der Waals surface area (Å²) < 4.78 is 0.645. The smallest absolute Gasteiger partial charge is 0.267 e. The Balaban J connectivity index is 1.55. The molecule has 8 nitrogen and oxygen atoms in total. The highest BCUT2D eigenvalue weighted by Gasteiger charge is 2.50. The minimum atomic E-state index is -0.874. The van der Waals surface area contributed by atoms with Gasteiger partial charge in [0, 0.05) is 19.4 Å². The maximum Gasteiger partial charge on any atom is 0.267 e. The SMILES string of the molecule is Cc1cccc(C)c1N1C(=O)C2=c3c(c(Br)c(Br)c4c3=C(C(=O)N(c3c(C)cccc3C)C4=O)C3Nc4ccccc4N=C23)C1=O. The summed E-state index contributed by atoms with van der Waals surface area (Å²) >= 11 is 7.28. The molecule has 1 N–H and O–H groups in total. The van der Waals surface area contributed by atoms with Crippen molar-refractivity contribution in [3.63, 3.8) is 0 Å². The van der Waals surface area contributed by atoms with Crippen molar-refractivity contribution >= 4 is 95.1 Å². The first-order chi connectivity index (χ1) is 22.0. The first kappa shape index (κ1) is 28.8. The Morgan fingerprint density at radius 1 is 0.630 bits per heavy atom. The largest absolute Gasteiger partial charge is 0.371 e. The fraction of sp³-hybridized carbons (Fsp3) is 0.139. The van der Waals surface area contributed by atoms with Gasteiger partial charge in [-0.1, -0.05) is 48.5 Å². The van der Waals surface area contributed by atoms with E-state index in [1.54, 1.807) is 0 Å². The lowest BCUT2D eigenvalue weighted by molar-refractivity contribution is -0.114. The summed E-state index contributed by atoms with van der Waals surface area (Å²) in [5.74, 6) is -2.21. The number of benzene rings is 4. The van der Waals surface area contributed by atoms with Crippen molar-refractivity contribution < 1.29 is 19.2 Å². The molecule has 1 aliphatic carbocycles. The average molecular weight is 736 g/mol. The molecule has 3 aliphatic heterocycles. The van der Waals surface area contributed by atoms with Gasteiger partial charge in [-0.2, -0.15) is 0 Å². The number of imide groups is 2. The molecule has 4 amide bonds. The van der Waals surface area contributed by atoms with Crippen LogP contribution >= 0.6 is 31.9 Å². The predicted octanol–water partition coefficient (Wildman–Crippen LogP) is 5.70. The minimum Gasteiger partial charge on any atom is -0.371 e. The lowest BCUT2D eigenvalue weighted by Gasteiger charge is -2.40. The van der Waals surface area contributed by atoms with E-state index in [4.69, 9.17) is 4.99 Å². The van der Waals surface area contributed by atoms with Crippen LogP contribution < -0.4 is 25.6 Å². The molecule has 1 unspecified atom stereocenters. The Kier molecular flexibility index (Phi) is 6.20. The van der Waals surface area contributed by atoms with Gasteiger partial charge in [-0.3, -0.25) is 19.2 Å². The van der Waals surface area contributed by atoms with Gasteiger partial charge in [0.25, 0.3) is 23.6 Å². The first-order valence-corrected chi connectivity index (χ1v) is 16.3. The van der Waals surface area contributed by atoms with E-state index in [9.17, 15) is 19.2 Å². The highest BCUT2D eigenvalue weighted by molar-refractivity contribution is 9.13. The summed E-state index contributed by atoms with van der Waals surface area (Å²) in [7, 11) is 0. The monoisotopic (exact) mass is 734 g/mol. The van der Waals surface area contributed by atoms with Crippen molar-refractivity contribution in [3.05, 3.63) is 113 Å². The van der Waals surface area contributed by atoms with Crippen molar-refractivity contribution in [1.29, 1.82) is 0 Å². The number of anilines is 3. The number of nitrogens with zero attached hydrogens (tertiary/aromatic N) is 3. The topological polar surface area (TPSA) is 99.2 Å². The molecule has 0 spiro atoms. The first-order valence-electron chi connectivity index (χ1n) is 14.7. The fourth-order valence-corrected chi connectivity index (χ4v) is 8.35. The van der Waals surface area contributed by atoms with Crippen LogP contribution in [0.2, 0.25) is 0 Å². The van der Waals surface area contributed by atoms with Crippen LogP contribution in [0.1, 0.15) is 43.0 Å². The molecule has 8 rings (SSSR count). The lowest BCUT2D eigenvalue weighted by atomic mass is 9.78. The number of para-hydroxylation sites is 4. The third-order valence-electron chi connectivity index (χ3n) is 9.17. The molecule has 1 atom stereocenters. The summed E-state index contributed by atoms with van der Waals surface area (Å²) in [5, 5.41) is 3.99. The van der Waals surface area contributed by atoms with Gasteiger partial charge >= 0.3 is 0 Å². The second kappa shape index (κ2) is 9.91. The summed E-state index contributed by atoms with van der Waals surface area (Å²) in [6, 6.07) is 17.7. The molecule has 0 radical (unpaired) electrons. The van der Waals surface area contributed by atoms with Crippen molar-refractivity contribution in [1.82, 2.24) is 0 Å². The number of fused-ring (bicyclic) bond motifs is 4. The molecule has 0 saturated carbocycles. The second-order valence-electron chi connectivity index (χ2n) is 11.9. The molecule has 0 bridgehead atoms. The van der Waals surface area contributed by atoms with Crippen molar-refractivity contribution in [2.45, 2.75) is 33.7 Å². The molecule has 226 valence electrons. The third-order valence-corrected chi connectivity index (χ3v) is 11.3. The van der Waals surface area contributed by atoms with Crippen molar-refractivity contribution in [2.75, 3.05) is 15.1 Å². The molecule has 3 heterocycles. The molecule has 0 saturated heterocycles. The Morgan fingerprint density at radius 3 is 1.70 bits per heavy atom. The van der Waals surface area contributed by atoms with Crippen LogP contribution in [-0.4, -0.2) is 35.4 Å². The second-order valence-corrected chi connectivity index (χ2v) is 13.5. The van der Waals surface area contributed by atoms with Gasteiger partial charge in [-0.05, 0) is 93.9 Å². The Labute approximate surface area is 280 Å². The highest BCUT2D eigenvalue weighted by atomic mass is 79.9. The van der Waals surface area contributed by atoms with Crippen molar-refractivity contribution in [3.8, 4) is 0 Å². The van der Waals surface area contributed by atoms with Crippen LogP contribution in [0.25, 0.3) is 11.1 Å². The van der Waals surface area contributed by atoms with Crippen LogP contribution in [0.15, 0.2) is 74.6 Å². The zero-order chi connectivity index (χ0) is 32.3. The summed E-state index contributed by atoms with van der Waals surface area (Å²) in [4.78, 5) is 66.1. The summed E-state index contributed by atoms with van der Waals surface area (Å²) in [6.45, 7) is 7.42. The molecule has 46 heavy (non-hydrogen) atoms. The Morgan fingerprint density at radius 2 is 1.13 bits per heavy atom. The normalized spacial score (nSPS) is 17.9. The van der Waals surface area contributed by atoms with Gasteiger partial charge in [-0.15, -0.1) is 0 Å². The van der Waals surface area contributed by atoms with E-state index < -0.39 is 29.7 Å². The maximum absolute atomic E-state index is 14.8. The van der Waals surface area contributed by atoms with E-state index in [2.05, 4.69) is 37.2 Å². The number of nitrogens with one attached hydrogen (secondary N) is 1. The highest BCUT2D eigenvalue weighted by Crippen LogP contribution is 2.42. The Bertz CT molecular complexity index is 2320. The van der Waals surface area contributed by atoms with E-state index in [0.29, 0.717) is 37.4 Å². The number of hydrogen-bond donors (Lipinski definition) is 1. The van der Waals surface area contributed by atoms with Crippen molar-refractivity contribution in [2.24, 2.45) is 4.99 Å². The molecule has 0 aromatic heterocycles. The van der Waals surface area contributed by atoms with E-state index in [1.165, 1.54) is 9.80 Å². The molecule has 4 aromatic rings. The lowest BCUT2D eigenvalue weighted by Crippen LogP contribution is -2.64. The number of aryl methyl sites for hydroxylation is 4. The maximum atomic E-state index is 14.8. The summed E-state index contributed by atoms with van der Waals surface area (Å²) in [6.07, 6.45) is 0. The van der Waals surface area contributed by atoms with Crippen LogP contribution in [0.3, 0.4) is 0 Å². The standard InChI is InChI=1S/C36H24Br2N4O4/c1-15-9-7-10-16(2)31(15)41-33(43)23-21-22-24(28(38)27(23)37)34(44)42(32-17(3)11-8-12-18(32)4)36(46)26(22)30-29(25(21)35(41)45)39-19-13-5-6-14-20(19)40-30/h5-14,29,39H,1-4H3. The number of carbonyl (C=O) groups is 4. The molecular formula is C36H24Br2N4O4. The fourth-order valence-electron chi connectivity index (χ4n) is 7.21. The predicted molar refractivity (Wildman–Crippen MR) is 184 cm³/mol. The van der Waals surface area contributed by atoms with Gasteiger partial charge in [0.05, 0.1) is 50.7 Å². The van der Waals surface area contributed by atoms with Crippen LogP contribution in [0, 0.1) is 27.7 Å². The van der Waals surface area contributed by atoms with E-state index >= 15 is 0 Å². The number of amides is 4. The van der Waals surface area contributed by atoms with E-state index in [0.717, 1.165) is 22.3 Å². The zero-order valence-corrected chi connectivity index (χ0v) is 28.3. The molecular weight excluding hydrogens is 712 g/mol. The summed E-state index contributed by atoms with van der Waals surface area (Å²) in [5.41, 5.74) is 6.40. The number of hydrogen-bond acceptors (Lipinski definition) is 6. The van der Waals surface area contributed by atoms with E-state index in [1.807, 2.05) is 88.4 Å². The minimum absolute atomic E-state index is 0.179. The van der Waals surface area contributed by atoms with Gasteiger partial charge in [0.15, 0.2) is 0 Å². The van der Waals surface area contributed by atoms with Crippen LogP contribution in [-0.2, 0) is 9.59 Å². The van der Waals surface area contributed by atoms with Crippen LogP contribution in [0.4, 0.5) is 22.7 Å². The number of carbonyl (C=O) groups excluding carboxylic acids is 4. The van der Waals surface area contributed by atoms with Crippen LogP contribution in [0.5, 0.6) is 0 Å². The Hall–Kier alpha value is -4.67. The number of rotatable bonds is 2. The molecule has 4 aromatic carbocycles. The van der Waals surface area contributed by atoms with Gasteiger partial charge in [0.1, 0.15) is 6.04 Å². The van der Waals surface area contributed by atoms with Gasteiger partial charge in [-0.25, -0.2) is 14.8 Å². The zero-order valence-electron chi connectivity index (χ0n) is 25.1. The van der Waals surface area contributed by atoms with Gasteiger partial charge in [0.2, 0.25) is 0 Å². The van der Waals surface area contributed by atoms with E-state index in [-0.39, 0.29) is 32.7 Å². The molecule has 4 aliphatic rings. The number of aliphatic imine (C=N–C) groups is 1. The quantitative estimate of drug-likeness (QED) is 0.267. The third kappa shape index (κ3) is 3.62. The van der Waals surface area contributed by atoms with Gasteiger partial charge < -0.3 is 5.32 Å². The average Bonchev–Trinajstić information content (AvgIpc) is 3.01. The number of halogens is 2. The molecule has 10 heteroatoms. The molecule has 0 fully saturated rings.